The van der Waals surface area contributed by atoms with Crippen LogP contribution >= 0.6 is 0 Å². The normalized spacial score (nSPS) is 19.8. The highest BCUT2D eigenvalue weighted by atomic mass is 16.2. The van der Waals surface area contributed by atoms with Crippen molar-refractivity contribution in [2.75, 3.05) is 59.4 Å². The summed E-state index contributed by atoms with van der Waals surface area (Å²) in [6.07, 6.45) is 0. The first-order chi connectivity index (χ1) is 8.56. The fraction of sp³-hybridized carbons (Fsp3) is 0.923. The Morgan fingerprint density at radius 3 is 2.33 bits per heavy atom. The smallest absolute Gasteiger partial charge is 0.236 e. The number of likely N-dealkylation sites (N-methyl/N-ethyl adjacent to an activating group) is 1. The minimum absolute atomic E-state index is 0.223. The first kappa shape index (κ1) is 15.4. The maximum Gasteiger partial charge on any atom is 0.236 e. The SMILES string of the molecule is CCN(C)C(=O)CN1CCN(CC(C)CN)CC1. The van der Waals surface area contributed by atoms with Gasteiger partial charge in [0.25, 0.3) is 0 Å². The van der Waals surface area contributed by atoms with Crippen molar-refractivity contribution < 1.29 is 4.79 Å². The van der Waals surface area contributed by atoms with Gasteiger partial charge in [0, 0.05) is 46.3 Å². The average Bonchev–Trinajstić information content (AvgIpc) is 2.39. The lowest BCUT2D eigenvalue weighted by atomic mass is 10.1. The second-order valence-electron chi connectivity index (χ2n) is 5.33. The fourth-order valence-electron chi connectivity index (χ4n) is 2.13. The molecule has 1 fully saturated rings. The molecule has 1 unspecified atom stereocenters. The van der Waals surface area contributed by atoms with Crippen molar-refractivity contribution in [2.24, 2.45) is 11.7 Å². The summed E-state index contributed by atoms with van der Waals surface area (Å²) in [5.74, 6) is 0.783. The van der Waals surface area contributed by atoms with Gasteiger partial charge < -0.3 is 15.5 Å². The van der Waals surface area contributed by atoms with Gasteiger partial charge in [-0.15, -0.1) is 0 Å². The Balaban J connectivity index is 2.25. The zero-order valence-electron chi connectivity index (χ0n) is 12.1. The highest BCUT2D eigenvalue weighted by Gasteiger charge is 2.20. The summed E-state index contributed by atoms with van der Waals surface area (Å²) in [6, 6.07) is 0. The number of rotatable bonds is 6. The highest BCUT2D eigenvalue weighted by Crippen LogP contribution is 2.05. The predicted molar refractivity (Wildman–Crippen MR) is 74.4 cm³/mol. The molecule has 0 spiro atoms. The molecule has 18 heavy (non-hydrogen) atoms. The molecule has 1 aliphatic heterocycles. The molecule has 2 N–H and O–H groups in total. The first-order valence-corrected chi connectivity index (χ1v) is 6.95. The number of piperazine rings is 1. The number of hydrogen-bond donors (Lipinski definition) is 1. The maximum atomic E-state index is 11.8. The van der Waals surface area contributed by atoms with Crippen LogP contribution in [0.2, 0.25) is 0 Å². The molecule has 0 saturated carbocycles. The van der Waals surface area contributed by atoms with Crippen molar-refractivity contribution in [3.8, 4) is 0 Å². The minimum atomic E-state index is 0.223. The van der Waals surface area contributed by atoms with Crippen LogP contribution in [0.1, 0.15) is 13.8 Å². The summed E-state index contributed by atoms with van der Waals surface area (Å²) in [5, 5.41) is 0. The molecule has 106 valence electrons. The molecular weight excluding hydrogens is 228 g/mol. The summed E-state index contributed by atoms with van der Waals surface area (Å²) >= 11 is 0. The number of carbonyl (C=O) groups is 1. The van der Waals surface area contributed by atoms with E-state index < -0.39 is 0 Å². The van der Waals surface area contributed by atoms with Gasteiger partial charge in [-0.1, -0.05) is 6.92 Å². The summed E-state index contributed by atoms with van der Waals surface area (Å²) in [5.41, 5.74) is 5.64. The highest BCUT2D eigenvalue weighted by molar-refractivity contribution is 5.77. The molecule has 5 heteroatoms. The van der Waals surface area contributed by atoms with Gasteiger partial charge in [-0.2, -0.15) is 0 Å². The van der Waals surface area contributed by atoms with Gasteiger partial charge in [-0.3, -0.25) is 9.69 Å². The molecule has 0 aromatic carbocycles. The van der Waals surface area contributed by atoms with E-state index >= 15 is 0 Å². The van der Waals surface area contributed by atoms with E-state index in [9.17, 15) is 4.79 Å². The van der Waals surface area contributed by atoms with Crippen LogP contribution in [-0.4, -0.2) is 80.0 Å². The van der Waals surface area contributed by atoms with E-state index in [0.29, 0.717) is 12.5 Å². The quantitative estimate of drug-likeness (QED) is 0.707. The zero-order valence-corrected chi connectivity index (χ0v) is 12.1. The lowest BCUT2D eigenvalue weighted by Crippen LogP contribution is -2.50. The van der Waals surface area contributed by atoms with Crippen LogP contribution in [-0.2, 0) is 4.79 Å². The lowest BCUT2D eigenvalue weighted by molar-refractivity contribution is -0.131. The third-order valence-electron chi connectivity index (χ3n) is 3.70. The summed E-state index contributed by atoms with van der Waals surface area (Å²) < 4.78 is 0. The Labute approximate surface area is 111 Å². The van der Waals surface area contributed by atoms with Crippen LogP contribution in [0.4, 0.5) is 0 Å². The molecule has 0 bridgehead atoms. The predicted octanol–water partition coefficient (Wildman–Crippen LogP) is -0.323. The fourth-order valence-corrected chi connectivity index (χ4v) is 2.13. The summed E-state index contributed by atoms with van der Waals surface area (Å²) in [6.45, 7) is 11.4. The Kier molecular flexibility index (Phi) is 6.60. The summed E-state index contributed by atoms with van der Waals surface area (Å²) in [7, 11) is 1.86. The number of amides is 1. The van der Waals surface area contributed by atoms with Crippen molar-refractivity contribution in [2.45, 2.75) is 13.8 Å². The topological polar surface area (TPSA) is 52.8 Å². The summed E-state index contributed by atoms with van der Waals surface area (Å²) in [4.78, 5) is 18.3. The van der Waals surface area contributed by atoms with E-state index in [2.05, 4.69) is 16.7 Å². The Morgan fingerprint density at radius 2 is 1.83 bits per heavy atom. The van der Waals surface area contributed by atoms with Crippen LogP contribution in [0.15, 0.2) is 0 Å². The van der Waals surface area contributed by atoms with Crippen molar-refractivity contribution in [1.82, 2.24) is 14.7 Å². The van der Waals surface area contributed by atoms with Gasteiger partial charge in [0.05, 0.1) is 6.54 Å². The van der Waals surface area contributed by atoms with E-state index in [1.54, 1.807) is 4.90 Å². The van der Waals surface area contributed by atoms with Crippen LogP contribution in [0.3, 0.4) is 0 Å². The Bertz CT molecular complexity index is 251. The van der Waals surface area contributed by atoms with Crippen LogP contribution < -0.4 is 5.73 Å². The standard InChI is InChI=1S/C13H28N4O/c1-4-15(3)13(18)11-17-7-5-16(6-8-17)10-12(2)9-14/h12H,4-11,14H2,1-3H3. The molecule has 0 aromatic rings. The van der Waals surface area contributed by atoms with Gasteiger partial charge in [-0.25, -0.2) is 0 Å². The molecular formula is C13H28N4O. The molecule has 0 aromatic heterocycles. The third kappa shape index (κ3) is 4.92. The van der Waals surface area contributed by atoms with E-state index in [1.807, 2.05) is 14.0 Å². The van der Waals surface area contributed by atoms with Gasteiger partial charge in [-0.05, 0) is 19.4 Å². The second kappa shape index (κ2) is 7.71. The van der Waals surface area contributed by atoms with Gasteiger partial charge in [0.2, 0.25) is 5.91 Å². The number of hydrogen-bond acceptors (Lipinski definition) is 4. The number of nitrogens with zero attached hydrogens (tertiary/aromatic N) is 3. The molecule has 5 nitrogen and oxygen atoms in total. The molecule has 1 aliphatic rings. The van der Waals surface area contributed by atoms with Gasteiger partial charge in [0.1, 0.15) is 0 Å². The van der Waals surface area contributed by atoms with Crippen LogP contribution in [0, 0.1) is 5.92 Å². The van der Waals surface area contributed by atoms with Crippen LogP contribution in [0.5, 0.6) is 0 Å². The number of nitrogens with two attached hydrogens (primary N) is 1. The first-order valence-electron chi connectivity index (χ1n) is 6.95. The monoisotopic (exact) mass is 256 g/mol. The average molecular weight is 256 g/mol. The van der Waals surface area contributed by atoms with Gasteiger partial charge >= 0.3 is 0 Å². The Hall–Kier alpha value is -0.650. The molecule has 0 radical (unpaired) electrons. The van der Waals surface area contributed by atoms with E-state index in [-0.39, 0.29) is 5.91 Å². The largest absolute Gasteiger partial charge is 0.345 e. The van der Waals surface area contributed by atoms with Crippen molar-refractivity contribution in [1.29, 1.82) is 0 Å². The van der Waals surface area contributed by atoms with Crippen LogP contribution in [0.25, 0.3) is 0 Å². The van der Waals surface area contributed by atoms with E-state index in [4.69, 9.17) is 5.73 Å². The molecule has 0 aliphatic carbocycles. The molecule has 1 rings (SSSR count). The maximum absolute atomic E-state index is 11.8. The van der Waals surface area contributed by atoms with E-state index in [1.165, 1.54) is 0 Å². The Morgan fingerprint density at radius 1 is 1.28 bits per heavy atom. The third-order valence-corrected chi connectivity index (χ3v) is 3.70. The van der Waals surface area contributed by atoms with Crippen molar-refractivity contribution in [3.05, 3.63) is 0 Å². The van der Waals surface area contributed by atoms with Crippen molar-refractivity contribution >= 4 is 5.91 Å². The number of carbonyl (C=O) groups excluding carboxylic acids is 1. The van der Waals surface area contributed by atoms with E-state index in [0.717, 1.165) is 45.8 Å². The minimum Gasteiger partial charge on any atom is -0.345 e. The molecule has 1 saturated heterocycles. The lowest BCUT2D eigenvalue weighted by Gasteiger charge is -2.35. The zero-order chi connectivity index (χ0) is 13.5. The van der Waals surface area contributed by atoms with Gasteiger partial charge in [0.15, 0.2) is 0 Å². The molecule has 1 amide bonds. The molecule has 1 heterocycles. The second-order valence-corrected chi connectivity index (χ2v) is 5.33. The molecule has 1 atom stereocenters. The van der Waals surface area contributed by atoms with Crippen molar-refractivity contribution in [3.63, 3.8) is 0 Å².